The molecule has 0 saturated heterocycles. The van der Waals surface area contributed by atoms with E-state index >= 15 is 0 Å². The van der Waals surface area contributed by atoms with Crippen LogP contribution in [0, 0.1) is 0 Å². The molecule has 1 aliphatic rings. The SMILES string of the molecule is C[Si](C)(C)ON=C1CCC(=NO[Si](C)(C)C)CC1. The number of hydrogen-bond acceptors (Lipinski definition) is 4. The van der Waals surface area contributed by atoms with Crippen molar-refractivity contribution in [3.63, 3.8) is 0 Å². The Morgan fingerprint density at radius 3 is 1.17 bits per heavy atom. The molecule has 0 bridgehead atoms. The van der Waals surface area contributed by atoms with Crippen LogP contribution in [-0.2, 0) is 9.05 Å². The standard InChI is InChI=1S/C12H26N2O2Si2/c1-17(2,3)15-13-11-7-9-12(10-8-11)14-16-18(4,5)6/h7-10H2,1-6H3. The van der Waals surface area contributed by atoms with Gasteiger partial charge < -0.3 is 9.05 Å². The minimum Gasteiger partial charge on any atom is -0.456 e. The van der Waals surface area contributed by atoms with Crippen LogP contribution in [0.3, 0.4) is 0 Å². The normalized spacial score (nSPS) is 17.4. The van der Waals surface area contributed by atoms with Crippen LogP contribution in [0.2, 0.25) is 39.3 Å². The fourth-order valence-electron chi connectivity index (χ4n) is 1.41. The number of oxime groups is 2. The van der Waals surface area contributed by atoms with Crippen LogP contribution in [0.4, 0.5) is 0 Å². The maximum Gasteiger partial charge on any atom is 0.278 e. The second-order valence-electron chi connectivity index (χ2n) is 6.72. The summed E-state index contributed by atoms with van der Waals surface area (Å²) in [6, 6.07) is 0. The van der Waals surface area contributed by atoms with E-state index in [1.54, 1.807) is 0 Å². The van der Waals surface area contributed by atoms with Crippen molar-refractivity contribution in [2.75, 3.05) is 0 Å². The van der Waals surface area contributed by atoms with E-state index in [0.29, 0.717) is 0 Å². The minimum atomic E-state index is -1.54. The lowest BCUT2D eigenvalue weighted by Gasteiger charge is -2.20. The first-order valence-electron chi connectivity index (χ1n) is 6.63. The molecule has 0 radical (unpaired) electrons. The highest BCUT2D eigenvalue weighted by atomic mass is 28.4. The van der Waals surface area contributed by atoms with Crippen molar-refractivity contribution >= 4 is 28.1 Å². The first-order valence-corrected chi connectivity index (χ1v) is 13.5. The van der Waals surface area contributed by atoms with E-state index in [1.165, 1.54) is 11.4 Å². The molecule has 0 aromatic carbocycles. The monoisotopic (exact) mass is 286 g/mol. The fourth-order valence-corrected chi connectivity index (χ4v) is 2.22. The molecular weight excluding hydrogens is 260 g/mol. The molecule has 0 aromatic heterocycles. The van der Waals surface area contributed by atoms with Gasteiger partial charge >= 0.3 is 0 Å². The Kier molecular flexibility index (Phi) is 5.15. The molecule has 1 saturated carbocycles. The molecule has 0 N–H and O–H groups in total. The molecule has 18 heavy (non-hydrogen) atoms. The van der Waals surface area contributed by atoms with E-state index in [9.17, 15) is 0 Å². The lowest BCUT2D eigenvalue weighted by molar-refractivity contribution is 0.328. The van der Waals surface area contributed by atoms with Crippen LogP contribution in [0.1, 0.15) is 25.7 Å². The molecule has 0 unspecified atom stereocenters. The molecular formula is C12H26N2O2Si2. The summed E-state index contributed by atoms with van der Waals surface area (Å²) in [6.07, 6.45) is 3.83. The van der Waals surface area contributed by atoms with Gasteiger partial charge in [-0.15, -0.1) is 10.3 Å². The van der Waals surface area contributed by atoms with Crippen molar-refractivity contribution in [2.45, 2.75) is 65.0 Å². The van der Waals surface area contributed by atoms with Gasteiger partial charge in [-0.2, -0.15) is 0 Å². The largest absolute Gasteiger partial charge is 0.456 e. The van der Waals surface area contributed by atoms with E-state index in [4.69, 9.17) is 9.05 Å². The highest BCUT2D eigenvalue weighted by Gasteiger charge is 2.20. The topological polar surface area (TPSA) is 43.2 Å². The van der Waals surface area contributed by atoms with Crippen molar-refractivity contribution < 1.29 is 9.05 Å². The zero-order valence-corrected chi connectivity index (χ0v) is 14.5. The van der Waals surface area contributed by atoms with E-state index in [2.05, 4.69) is 49.6 Å². The third kappa shape index (κ3) is 6.95. The highest BCUT2D eigenvalue weighted by Crippen LogP contribution is 2.16. The van der Waals surface area contributed by atoms with Crippen LogP contribution in [0.15, 0.2) is 10.3 Å². The Hall–Kier alpha value is -0.626. The Labute approximate surface area is 113 Å². The Morgan fingerprint density at radius 1 is 0.667 bits per heavy atom. The van der Waals surface area contributed by atoms with Gasteiger partial charge in [0.15, 0.2) is 0 Å². The Morgan fingerprint density at radius 2 is 0.944 bits per heavy atom. The summed E-state index contributed by atoms with van der Waals surface area (Å²) >= 11 is 0. The van der Waals surface area contributed by atoms with Gasteiger partial charge in [0.2, 0.25) is 0 Å². The average molecular weight is 287 g/mol. The van der Waals surface area contributed by atoms with E-state index in [1.807, 2.05) is 0 Å². The molecule has 0 atom stereocenters. The van der Waals surface area contributed by atoms with E-state index in [-0.39, 0.29) is 0 Å². The number of rotatable bonds is 4. The van der Waals surface area contributed by atoms with Crippen molar-refractivity contribution in [3.05, 3.63) is 0 Å². The summed E-state index contributed by atoms with van der Waals surface area (Å²) in [5, 5.41) is 8.58. The molecule has 1 fully saturated rings. The highest BCUT2D eigenvalue weighted by molar-refractivity contribution is 6.70. The summed E-state index contributed by atoms with van der Waals surface area (Å²) in [4.78, 5) is 0. The predicted molar refractivity (Wildman–Crippen MR) is 82.2 cm³/mol. The molecule has 0 aliphatic heterocycles. The van der Waals surface area contributed by atoms with E-state index < -0.39 is 16.6 Å². The Bertz CT molecular complexity index is 295. The maximum atomic E-state index is 5.58. The lowest BCUT2D eigenvalue weighted by Crippen LogP contribution is -2.25. The third-order valence-electron chi connectivity index (χ3n) is 2.30. The fraction of sp³-hybridized carbons (Fsp3) is 0.833. The van der Waals surface area contributed by atoms with E-state index in [0.717, 1.165) is 25.7 Å². The smallest absolute Gasteiger partial charge is 0.278 e. The van der Waals surface area contributed by atoms with Gasteiger partial charge in [-0.1, -0.05) is 0 Å². The summed E-state index contributed by atoms with van der Waals surface area (Å²) in [6.45, 7) is 12.9. The lowest BCUT2D eigenvalue weighted by atomic mass is 9.97. The van der Waals surface area contributed by atoms with Crippen molar-refractivity contribution in [1.29, 1.82) is 0 Å². The average Bonchev–Trinajstić information content (AvgIpc) is 2.23. The molecule has 104 valence electrons. The van der Waals surface area contributed by atoms with Crippen molar-refractivity contribution in [2.24, 2.45) is 10.3 Å². The molecule has 0 amide bonds. The van der Waals surface area contributed by atoms with Crippen molar-refractivity contribution in [3.8, 4) is 0 Å². The van der Waals surface area contributed by atoms with Gasteiger partial charge in [-0.3, -0.25) is 0 Å². The van der Waals surface area contributed by atoms with Crippen molar-refractivity contribution in [1.82, 2.24) is 0 Å². The second kappa shape index (κ2) is 6.01. The first-order chi connectivity index (χ1) is 8.16. The molecule has 0 spiro atoms. The maximum absolute atomic E-state index is 5.58. The summed E-state index contributed by atoms with van der Waals surface area (Å²) < 4.78 is 11.2. The molecule has 4 nitrogen and oxygen atoms in total. The molecule has 0 aromatic rings. The zero-order valence-electron chi connectivity index (χ0n) is 12.5. The van der Waals surface area contributed by atoms with Crippen LogP contribution in [-0.4, -0.2) is 28.1 Å². The van der Waals surface area contributed by atoms with Crippen LogP contribution < -0.4 is 0 Å². The quantitative estimate of drug-likeness (QED) is 0.579. The van der Waals surface area contributed by atoms with Gasteiger partial charge in [0, 0.05) is 0 Å². The molecule has 6 heteroatoms. The molecule has 1 rings (SSSR count). The van der Waals surface area contributed by atoms with Gasteiger partial charge in [0.05, 0.1) is 11.4 Å². The summed E-state index contributed by atoms with van der Waals surface area (Å²) in [5.41, 5.74) is 2.34. The minimum absolute atomic E-state index is 0.957. The predicted octanol–water partition coefficient (Wildman–Crippen LogP) is 3.98. The van der Waals surface area contributed by atoms with Crippen LogP contribution >= 0.6 is 0 Å². The first kappa shape index (κ1) is 15.4. The Balaban J connectivity index is 2.41. The van der Waals surface area contributed by atoms with Gasteiger partial charge in [-0.05, 0) is 65.0 Å². The third-order valence-corrected chi connectivity index (χ3v) is 3.58. The summed E-state index contributed by atoms with van der Waals surface area (Å²) in [5.74, 6) is 0. The van der Waals surface area contributed by atoms with Gasteiger partial charge in [0.25, 0.3) is 16.6 Å². The number of hydrogen-bond donors (Lipinski definition) is 0. The molecule has 0 heterocycles. The van der Waals surface area contributed by atoms with Gasteiger partial charge in [-0.25, -0.2) is 0 Å². The zero-order chi connectivity index (χ0) is 13.8. The molecule has 1 aliphatic carbocycles. The second-order valence-corrected chi connectivity index (χ2v) is 15.5. The summed E-state index contributed by atoms with van der Waals surface area (Å²) in [7, 11) is -3.07. The number of nitrogens with zero attached hydrogens (tertiary/aromatic N) is 2. The van der Waals surface area contributed by atoms with Crippen LogP contribution in [0.25, 0.3) is 0 Å². The van der Waals surface area contributed by atoms with Gasteiger partial charge in [0.1, 0.15) is 0 Å². The van der Waals surface area contributed by atoms with Crippen LogP contribution in [0.5, 0.6) is 0 Å².